The van der Waals surface area contributed by atoms with Gasteiger partial charge in [0, 0.05) is 43.5 Å². The van der Waals surface area contributed by atoms with Crippen LogP contribution in [0.4, 0.5) is 13.2 Å². The Kier molecular flexibility index (Phi) is 33.2. The summed E-state index contributed by atoms with van der Waals surface area (Å²) in [6, 6.07) is 79.3. The number of halogens is 3. The predicted molar refractivity (Wildman–Crippen MR) is 511 cm³/mol. The zero-order valence-electron chi connectivity index (χ0n) is 78.4. The number of hydrogen-bond donors (Lipinski definition) is 4. The summed E-state index contributed by atoms with van der Waals surface area (Å²) in [6.07, 6.45) is -15.8. The van der Waals surface area contributed by atoms with Crippen LogP contribution >= 0.6 is 8.38 Å². The largest absolute Gasteiger partial charge is 0.497 e. The number of nitrogens with one attached hydrogen (secondary N) is 3. The highest BCUT2D eigenvalue weighted by molar-refractivity contribution is 7.46. The highest BCUT2D eigenvalue weighted by Crippen LogP contribution is 2.52. The minimum Gasteiger partial charge on any atom is -0.497 e. The van der Waals surface area contributed by atoms with Crippen molar-refractivity contribution >= 4 is 16.7 Å². The minimum absolute atomic E-state index is 0.106. The lowest BCUT2D eigenvalue weighted by atomic mass is 9.79. The molecule has 722 valence electrons. The van der Waals surface area contributed by atoms with E-state index in [1.165, 1.54) is 18.5 Å². The van der Waals surface area contributed by atoms with E-state index >= 15 is 13.2 Å². The van der Waals surface area contributed by atoms with Gasteiger partial charge in [-0.3, -0.25) is 43.0 Å². The number of ether oxygens (including phenoxy) is 12. The molecule has 0 amide bonds. The molecule has 3 fully saturated rings. The Hall–Kier alpha value is -12.7. The Balaban J connectivity index is 0.000000174. The van der Waals surface area contributed by atoms with Crippen LogP contribution in [-0.4, -0.2) is 171 Å². The molecule has 3 saturated heterocycles. The smallest absolute Gasteiger partial charge is 0.330 e. The van der Waals surface area contributed by atoms with Crippen molar-refractivity contribution < 1.29 is 88.6 Å². The number of aromatic nitrogens is 6. The van der Waals surface area contributed by atoms with Crippen LogP contribution in [0.3, 0.4) is 0 Å². The van der Waals surface area contributed by atoms with Crippen LogP contribution < -0.4 is 62.2 Å². The normalized spacial score (nSPS) is 20.9. The zero-order chi connectivity index (χ0) is 98.3. The molecule has 0 spiro atoms. The van der Waals surface area contributed by atoms with E-state index in [-0.39, 0.29) is 18.1 Å². The van der Waals surface area contributed by atoms with Crippen molar-refractivity contribution in [3.63, 3.8) is 0 Å². The maximum Gasteiger partial charge on any atom is 0.330 e. The molecule has 0 saturated carbocycles. The first-order valence-electron chi connectivity index (χ1n) is 44.4. The number of aliphatic hydroxyl groups excluding tert-OH is 1. The number of H-pyrrole nitrogens is 3. The molecule has 16 atom stereocenters. The van der Waals surface area contributed by atoms with Crippen molar-refractivity contribution in [1.29, 1.82) is 5.26 Å². The fourth-order valence-corrected chi connectivity index (χ4v) is 19.3. The Morgan fingerprint density at radius 3 is 0.927 bits per heavy atom. The molecule has 0 aliphatic carbocycles. The van der Waals surface area contributed by atoms with Crippen LogP contribution in [0, 0.1) is 11.3 Å². The number of rotatable bonds is 34. The summed E-state index contributed by atoms with van der Waals surface area (Å²) in [5.74, 6) is 3.97. The topological polar surface area (TPSA) is 347 Å². The lowest BCUT2D eigenvalue weighted by Gasteiger charge is -2.42. The van der Waals surface area contributed by atoms with E-state index in [2.05, 4.69) is 35.7 Å². The van der Waals surface area contributed by atoms with E-state index in [9.17, 15) is 33.9 Å². The number of methoxy groups -OCH3 is 6. The van der Waals surface area contributed by atoms with Crippen LogP contribution in [0.5, 0.6) is 34.5 Å². The number of nitriles is 1. The van der Waals surface area contributed by atoms with E-state index in [0.29, 0.717) is 34.5 Å². The number of benzene rings is 9. The summed E-state index contributed by atoms with van der Waals surface area (Å²) < 4.78 is 143. The van der Waals surface area contributed by atoms with Gasteiger partial charge in [0.1, 0.15) is 87.9 Å². The van der Waals surface area contributed by atoms with Crippen LogP contribution in [-0.2, 0) is 58.7 Å². The molecule has 4 N–H and O–H groups in total. The fourth-order valence-electron chi connectivity index (χ4n) is 17.0. The first-order chi connectivity index (χ1) is 65.7. The third-order valence-corrected chi connectivity index (χ3v) is 30.6. The van der Waals surface area contributed by atoms with Crippen molar-refractivity contribution in [2.75, 3.05) is 55.9 Å². The maximum atomic E-state index is 16.8. The van der Waals surface area contributed by atoms with Crippen molar-refractivity contribution in [2.24, 2.45) is 0 Å². The summed E-state index contributed by atoms with van der Waals surface area (Å²) in [5.41, 5.74) is -0.979. The van der Waals surface area contributed by atoms with E-state index in [1.54, 1.807) is 63.2 Å². The number of aliphatic hydroxyl groups is 1. The van der Waals surface area contributed by atoms with E-state index in [0.717, 1.165) is 82.1 Å². The number of alkyl halides is 3. The summed E-state index contributed by atoms with van der Waals surface area (Å²) in [4.78, 5) is 79.6. The van der Waals surface area contributed by atoms with Crippen LogP contribution in [0.2, 0.25) is 18.1 Å². The first-order valence-corrected chi connectivity index (χ1v) is 48.9. The molecule has 0 bridgehead atoms. The van der Waals surface area contributed by atoms with Crippen molar-refractivity contribution in [1.82, 2.24) is 28.7 Å². The van der Waals surface area contributed by atoms with Gasteiger partial charge >= 0.3 is 17.1 Å². The van der Waals surface area contributed by atoms with Crippen LogP contribution in [0.1, 0.15) is 117 Å². The monoisotopic (exact) mass is 1920 g/mol. The Morgan fingerprint density at radius 2 is 0.657 bits per heavy atom. The molecule has 0 radical (unpaired) electrons. The Labute approximate surface area is 792 Å². The molecule has 3 aromatic heterocycles. The molecule has 3 aliphatic heterocycles. The second-order valence-electron chi connectivity index (χ2n) is 34.4. The number of nitrogens with zero attached hydrogens (tertiary/aromatic N) is 4. The van der Waals surface area contributed by atoms with Gasteiger partial charge in [0.2, 0.25) is 0 Å². The molecule has 137 heavy (non-hydrogen) atoms. The SMILES string of the molecule is COc1ccc(C(O[C@H](C)C2O[C@@H](n3ccc(=O)[nH]c3=O)[C@H](F)[C@@H]2O)(c2ccccc2)c2ccc(OC)cc2)cc1.COc1ccc(C(O[C@H](C)C2O[C@@H](n3ccc(=O)[nH]c3=O)[C@H](F)[C@@H]2OP(C)OCCC#N)(c2ccccc2)c2ccc(OC)cc2)cc1.COc1ccc(C(O[C@H](C)C2O[C@@H](n3ccc(=O)[nH]c3=O)[C@H](F)[C@@H]2O[Si](C)(C)C(C)(C)C)(c2ccccc2)c2ccc(OC)cc2)cc1. The predicted octanol–water partition coefficient (Wildman–Crippen LogP) is 15.6. The van der Waals surface area contributed by atoms with E-state index in [1.807, 2.05) is 263 Å². The molecule has 9 aromatic carbocycles. The summed E-state index contributed by atoms with van der Waals surface area (Å²) >= 11 is 0. The third kappa shape index (κ3) is 22.2. The highest BCUT2D eigenvalue weighted by atomic mass is 31.2. The standard InChI is InChI=1S/C37H45FN2O7Si.C35H37FN3O8P.C31H31FN2O7/c1-24(32-33(47-48(7,8)36(2,3)4)31(38)34(45-32)40-23-22-30(41)39-35(40)42)46-37(25-12-10-9-11-13-25,26-14-18-28(43-5)19-15-26)27-16-20-29(44-6)21-17-27;1-23(31-32(47-48(4)44-22-8-20-37)30(36)33(45-31)39-21-19-29(40)38-34(39)41)46-35(24-9-6-5-7-10-24,25-11-15-27(42-2)16-12-25)26-13-17-28(43-3)18-14-26;1-19(28-27(36)26(32)29(40-28)34-18-17-25(35)33-30(34)37)41-31(20-7-5-4-6-8-20,21-9-13-23(38-2)14-10-21)22-11-15-24(39-3)16-12-22/h9-24,31-34H,1-8H3,(H,39,41,42);5-7,9-19,21,23,30-33H,8,22H2,1-4H3,(H,38,40,41);4-19,26-29,36H,1-3H3,(H,33,35,37)/t24-,31-,32?,33+,34-;23-,30-,31?,32+,33-,48?;19-,26-,27+,28?,29-/m111/s1. The van der Waals surface area contributed by atoms with Gasteiger partial charge in [-0.1, -0.05) is 185 Å². The van der Waals surface area contributed by atoms with Gasteiger partial charge in [0.05, 0.1) is 80.1 Å². The molecular formula is C103H113F3N7O22PSi. The molecule has 29 nitrogen and oxygen atoms in total. The highest BCUT2D eigenvalue weighted by Gasteiger charge is 2.57. The van der Waals surface area contributed by atoms with Gasteiger partial charge in [-0.05, 0) is 162 Å². The number of hydrogen-bond acceptors (Lipinski definition) is 23. The van der Waals surface area contributed by atoms with E-state index in [4.69, 9.17) is 75.6 Å². The number of aromatic amines is 3. The van der Waals surface area contributed by atoms with Gasteiger partial charge in [0.15, 0.2) is 53.9 Å². The average Bonchev–Trinajstić information content (AvgIpc) is 1.73. The third-order valence-electron chi connectivity index (χ3n) is 25.0. The second-order valence-corrected chi connectivity index (χ2v) is 40.5. The molecule has 34 heteroatoms. The molecule has 3 aliphatic rings. The fraction of sp³-hybridized carbons (Fsp3) is 0.350. The summed E-state index contributed by atoms with van der Waals surface area (Å²) in [7, 11) is 5.33. The molecule has 4 unspecified atom stereocenters. The Bertz CT molecular complexity index is 6240. The molecule has 12 aromatic rings. The van der Waals surface area contributed by atoms with Crippen molar-refractivity contribution in [3.05, 3.63) is 386 Å². The lowest BCUT2D eigenvalue weighted by Crippen LogP contribution is -2.51. The minimum atomic E-state index is -2.57. The van der Waals surface area contributed by atoms with Gasteiger partial charge in [-0.25, -0.2) is 27.6 Å². The van der Waals surface area contributed by atoms with Crippen molar-refractivity contribution in [3.8, 4) is 40.6 Å². The molecular weight excluding hydrogens is 1800 g/mol. The molecule has 6 heterocycles. The van der Waals surface area contributed by atoms with Crippen molar-refractivity contribution in [2.45, 2.75) is 175 Å². The quantitative estimate of drug-likeness (QED) is 0.0126. The van der Waals surface area contributed by atoms with Gasteiger partial charge in [-0.2, -0.15) is 5.26 Å². The summed E-state index contributed by atoms with van der Waals surface area (Å²) in [5, 5.41) is 19.7. The van der Waals surface area contributed by atoms with Crippen LogP contribution in [0.15, 0.2) is 302 Å². The maximum absolute atomic E-state index is 16.8. The molecule has 15 rings (SSSR count). The average molecular weight is 1920 g/mol. The Morgan fingerprint density at radius 1 is 0.401 bits per heavy atom. The first kappa shape index (κ1) is 102. The lowest BCUT2D eigenvalue weighted by molar-refractivity contribution is -0.137. The van der Waals surface area contributed by atoms with E-state index < -0.39 is 159 Å². The van der Waals surface area contributed by atoms with Crippen LogP contribution in [0.25, 0.3) is 0 Å². The summed E-state index contributed by atoms with van der Waals surface area (Å²) in [6.45, 7) is 17.4. The zero-order valence-corrected chi connectivity index (χ0v) is 80.3. The van der Waals surface area contributed by atoms with Gasteiger partial charge in [0.25, 0.3) is 16.7 Å². The second kappa shape index (κ2) is 44.7. The van der Waals surface area contributed by atoms with Gasteiger partial charge in [-0.15, -0.1) is 0 Å². The van der Waals surface area contributed by atoms with Gasteiger partial charge < -0.3 is 75.4 Å².